The molecule has 0 unspecified atom stereocenters. The van der Waals surface area contributed by atoms with Crippen LogP contribution in [0.4, 0.5) is 0 Å². The van der Waals surface area contributed by atoms with Gasteiger partial charge in [-0.05, 0) is 0 Å². The standard InChI is InChI=1S/C6H13.C4H9.BrH.Li.Mg/c1-3-5-6-4-2;1-3-4-2;;;/h1,3-6H2,2H3;1,3-4H2,2H3;1H;;/q2*-1;;+1;+2/p-1. The third kappa shape index (κ3) is 56.9. The molecule has 0 amide bonds. The minimum absolute atomic E-state index is 0. The maximum Gasteiger partial charge on any atom is 2.00 e. The van der Waals surface area contributed by atoms with Crippen LogP contribution in [0, 0.1) is 13.8 Å². The molecule has 0 saturated heterocycles. The Labute approximate surface area is 124 Å². The first-order valence-corrected chi connectivity index (χ1v) is 4.41. The number of halogens is 1. The van der Waals surface area contributed by atoms with Crippen molar-refractivity contribution in [2.75, 3.05) is 0 Å². The maximum absolute atomic E-state index is 3.72. The van der Waals surface area contributed by atoms with Gasteiger partial charge in [0.2, 0.25) is 0 Å². The molecule has 0 saturated carbocycles. The molecule has 0 aliphatic carbocycles. The van der Waals surface area contributed by atoms with Crippen LogP contribution >= 0.6 is 0 Å². The van der Waals surface area contributed by atoms with Crippen LogP contribution in [0.5, 0.6) is 0 Å². The molecule has 0 bridgehead atoms. The molecule has 0 aromatic rings. The quantitative estimate of drug-likeness (QED) is 0.299. The zero-order valence-corrected chi connectivity index (χ0v) is 12.7. The minimum atomic E-state index is 0. The Hall–Kier alpha value is 1.84. The van der Waals surface area contributed by atoms with Gasteiger partial charge in [-0.3, -0.25) is 0 Å². The van der Waals surface area contributed by atoms with Crippen molar-refractivity contribution in [2.24, 2.45) is 0 Å². The van der Waals surface area contributed by atoms with Crippen molar-refractivity contribution in [3.05, 3.63) is 13.8 Å². The summed E-state index contributed by atoms with van der Waals surface area (Å²) < 4.78 is 0. The van der Waals surface area contributed by atoms with E-state index in [2.05, 4.69) is 27.7 Å². The van der Waals surface area contributed by atoms with Gasteiger partial charge in [0, 0.05) is 0 Å². The van der Waals surface area contributed by atoms with Crippen LogP contribution in [0.1, 0.15) is 52.4 Å². The summed E-state index contributed by atoms with van der Waals surface area (Å²) in [5, 5.41) is 0. The summed E-state index contributed by atoms with van der Waals surface area (Å²) in [7, 11) is 0. The molecular weight excluding hydrogens is 231 g/mol. The first-order chi connectivity index (χ1) is 4.83. The predicted molar refractivity (Wildman–Crippen MR) is 55.5 cm³/mol. The molecule has 0 radical (unpaired) electrons. The molecule has 0 nitrogen and oxygen atoms in total. The van der Waals surface area contributed by atoms with E-state index in [9.17, 15) is 0 Å². The molecule has 0 N–H and O–H groups in total. The molecule has 0 aliphatic rings. The van der Waals surface area contributed by atoms with Crippen LogP contribution in [0.2, 0.25) is 0 Å². The van der Waals surface area contributed by atoms with Gasteiger partial charge in [-0.2, -0.15) is 12.8 Å². The molecule has 3 heteroatoms. The Morgan fingerprint density at radius 1 is 0.846 bits per heavy atom. The normalized spacial score (nSPS) is 6.46. The first kappa shape index (κ1) is 29.4. The van der Waals surface area contributed by atoms with Gasteiger partial charge in [0.15, 0.2) is 0 Å². The van der Waals surface area contributed by atoms with Crippen molar-refractivity contribution in [3.8, 4) is 0 Å². The van der Waals surface area contributed by atoms with Gasteiger partial charge in [-0.1, -0.05) is 39.5 Å². The number of rotatable bonds is 4. The SMILES string of the molecule is [Br-].[CH2-]CCC.[CH2-]CCCCC.[Li+].[Mg+2]. The van der Waals surface area contributed by atoms with Crippen molar-refractivity contribution < 1.29 is 35.8 Å². The fraction of sp³-hybridized carbons (Fsp3) is 0.800. The average molecular weight is 253 g/mol. The summed E-state index contributed by atoms with van der Waals surface area (Å²) in [6.45, 7) is 11.6. The van der Waals surface area contributed by atoms with Gasteiger partial charge in [0.1, 0.15) is 0 Å². The predicted octanol–water partition coefficient (Wildman–Crippen LogP) is -2.35. The Morgan fingerprint density at radius 2 is 1.23 bits per heavy atom. The summed E-state index contributed by atoms with van der Waals surface area (Å²) in [5.74, 6) is 0. The largest absolute Gasteiger partial charge is 2.00 e. The van der Waals surface area contributed by atoms with Crippen LogP contribution in [-0.4, -0.2) is 23.1 Å². The van der Waals surface area contributed by atoms with Crippen LogP contribution in [0.15, 0.2) is 0 Å². The third-order valence-corrected chi connectivity index (χ3v) is 1.21. The van der Waals surface area contributed by atoms with Crippen LogP contribution in [-0.2, 0) is 0 Å². The average Bonchev–Trinajstić information content (AvgIpc) is 2.01. The number of hydrogen-bond donors (Lipinski definition) is 0. The molecule has 0 rings (SSSR count). The van der Waals surface area contributed by atoms with Gasteiger partial charge in [-0.15, -0.1) is 0 Å². The van der Waals surface area contributed by atoms with Gasteiger partial charge in [0.25, 0.3) is 0 Å². The number of hydrogen-bond acceptors (Lipinski definition) is 0. The van der Waals surface area contributed by atoms with Crippen molar-refractivity contribution in [3.63, 3.8) is 0 Å². The fourth-order valence-corrected chi connectivity index (χ4v) is 0.427. The topological polar surface area (TPSA) is 0 Å². The Kier molecular flexibility index (Phi) is 83.8. The second-order valence-corrected chi connectivity index (χ2v) is 2.41. The van der Waals surface area contributed by atoms with Crippen LogP contribution in [0.25, 0.3) is 0 Å². The van der Waals surface area contributed by atoms with Gasteiger partial charge < -0.3 is 30.8 Å². The van der Waals surface area contributed by atoms with Gasteiger partial charge >= 0.3 is 41.9 Å². The van der Waals surface area contributed by atoms with E-state index in [0.717, 1.165) is 12.8 Å². The first-order valence-electron chi connectivity index (χ1n) is 4.41. The monoisotopic (exact) mass is 252 g/mol. The second-order valence-electron chi connectivity index (χ2n) is 2.41. The number of unbranched alkanes of at least 4 members (excludes halogenated alkanes) is 4. The molecule has 0 aromatic heterocycles. The Balaban J connectivity index is -0.0000000279. The van der Waals surface area contributed by atoms with Crippen LogP contribution in [0.3, 0.4) is 0 Å². The molecule has 0 spiro atoms. The molecule has 0 atom stereocenters. The third-order valence-electron chi connectivity index (χ3n) is 1.21. The van der Waals surface area contributed by atoms with Crippen molar-refractivity contribution in [1.82, 2.24) is 0 Å². The smallest absolute Gasteiger partial charge is 1.00 e. The van der Waals surface area contributed by atoms with E-state index in [1.165, 1.54) is 25.7 Å². The van der Waals surface area contributed by atoms with Gasteiger partial charge in [0.05, 0.1) is 0 Å². The minimum Gasteiger partial charge on any atom is -1.00 e. The fourth-order valence-electron chi connectivity index (χ4n) is 0.427. The summed E-state index contributed by atoms with van der Waals surface area (Å²) in [4.78, 5) is 0. The zero-order chi connectivity index (χ0) is 8.24. The van der Waals surface area contributed by atoms with E-state index in [1.54, 1.807) is 0 Å². The molecule has 0 aromatic carbocycles. The Bertz CT molecular complexity index is 39.9. The van der Waals surface area contributed by atoms with E-state index < -0.39 is 0 Å². The molecule has 0 heterocycles. The molecule has 72 valence electrons. The zero-order valence-electron chi connectivity index (χ0n) is 9.74. The van der Waals surface area contributed by atoms with Gasteiger partial charge in [-0.25, -0.2) is 0 Å². The van der Waals surface area contributed by atoms with E-state index in [1.807, 2.05) is 0 Å². The maximum atomic E-state index is 3.72. The van der Waals surface area contributed by atoms with Crippen molar-refractivity contribution in [2.45, 2.75) is 52.4 Å². The van der Waals surface area contributed by atoms with Crippen molar-refractivity contribution >= 4 is 23.1 Å². The summed E-state index contributed by atoms with van der Waals surface area (Å²) >= 11 is 0. The summed E-state index contributed by atoms with van der Waals surface area (Å²) in [6, 6.07) is 0. The Morgan fingerprint density at radius 3 is 1.31 bits per heavy atom. The molecular formula is C10H22BrLiMg. The van der Waals surface area contributed by atoms with E-state index in [-0.39, 0.29) is 58.9 Å². The van der Waals surface area contributed by atoms with Crippen molar-refractivity contribution in [1.29, 1.82) is 0 Å². The van der Waals surface area contributed by atoms with E-state index in [4.69, 9.17) is 0 Å². The van der Waals surface area contributed by atoms with Crippen LogP contribution < -0.4 is 35.8 Å². The molecule has 0 aliphatic heterocycles. The molecule has 0 fully saturated rings. The van der Waals surface area contributed by atoms with E-state index in [0.29, 0.717) is 0 Å². The molecule has 13 heavy (non-hydrogen) atoms. The summed E-state index contributed by atoms with van der Waals surface area (Å²) in [5.41, 5.74) is 0. The summed E-state index contributed by atoms with van der Waals surface area (Å²) in [6.07, 6.45) is 7.35. The van der Waals surface area contributed by atoms with E-state index >= 15 is 0 Å². The second kappa shape index (κ2) is 37.1.